The Morgan fingerprint density at radius 1 is 1.55 bits per heavy atom. The van der Waals surface area contributed by atoms with Crippen LogP contribution in [0.2, 0.25) is 0 Å². The predicted octanol–water partition coefficient (Wildman–Crippen LogP) is 2.32. The van der Waals surface area contributed by atoms with Crippen LogP contribution in [-0.2, 0) is 6.42 Å². The lowest BCUT2D eigenvalue weighted by molar-refractivity contribution is 0.184. The number of urea groups is 1. The van der Waals surface area contributed by atoms with E-state index >= 15 is 0 Å². The monoisotopic (exact) mass is 344 g/mol. The molecule has 0 aliphatic heterocycles. The van der Waals surface area contributed by atoms with E-state index in [1.165, 1.54) is 11.0 Å². The molecule has 0 aliphatic rings. The lowest BCUT2D eigenvalue weighted by atomic mass is 10.1. The van der Waals surface area contributed by atoms with E-state index in [2.05, 4.69) is 27.8 Å². The average Bonchev–Trinajstić information content (AvgIpc) is 2.42. The molecule has 4 nitrogen and oxygen atoms in total. The molecule has 0 aromatic heterocycles. The molecule has 0 radical (unpaired) electrons. The fraction of sp³-hybridized carbons (Fsp3) is 0.357. The summed E-state index contributed by atoms with van der Waals surface area (Å²) in [5.74, 6) is -0.308. The van der Waals surface area contributed by atoms with Gasteiger partial charge in [-0.1, -0.05) is 12.1 Å². The minimum absolute atomic E-state index is 0.0911. The molecule has 0 spiro atoms. The Labute approximate surface area is 126 Å². The van der Waals surface area contributed by atoms with Gasteiger partial charge in [-0.25, -0.2) is 9.18 Å². The van der Waals surface area contributed by atoms with E-state index in [0.717, 1.165) is 5.56 Å². The van der Waals surface area contributed by atoms with E-state index in [0.29, 0.717) is 24.0 Å². The van der Waals surface area contributed by atoms with Gasteiger partial charge in [0.25, 0.3) is 0 Å². The van der Waals surface area contributed by atoms with Crippen LogP contribution in [0.1, 0.15) is 5.56 Å². The SMILES string of the molecule is C=CCN(CCO)C(=O)NCCc1ccc(F)c(Br)c1. The summed E-state index contributed by atoms with van der Waals surface area (Å²) in [4.78, 5) is 13.3. The molecular formula is C14H18BrFN2O2. The molecule has 110 valence electrons. The minimum atomic E-state index is -0.308. The van der Waals surface area contributed by atoms with E-state index in [4.69, 9.17) is 5.11 Å². The van der Waals surface area contributed by atoms with Gasteiger partial charge in [0.15, 0.2) is 0 Å². The highest BCUT2D eigenvalue weighted by Gasteiger charge is 2.10. The van der Waals surface area contributed by atoms with Crippen molar-refractivity contribution < 1.29 is 14.3 Å². The van der Waals surface area contributed by atoms with Crippen molar-refractivity contribution >= 4 is 22.0 Å². The van der Waals surface area contributed by atoms with Crippen LogP contribution in [0, 0.1) is 5.82 Å². The summed E-state index contributed by atoms with van der Waals surface area (Å²) in [6.07, 6.45) is 2.21. The number of hydrogen-bond donors (Lipinski definition) is 2. The maximum atomic E-state index is 13.1. The molecule has 0 fully saturated rings. The van der Waals surface area contributed by atoms with Gasteiger partial charge in [-0.3, -0.25) is 0 Å². The Morgan fingerprint density at radius 2 is 2.30 bits per heavy atom. The largest absolute Gasteiger partial charge is 0.395 e. The van der Waals surface area contributed by atoms with Crippen LogP contribution < -0.4 is 5.32 Å². The molecule has 0 unspecified atom stereocenters. The summed E-state index contributed by atoms with van der Waals surface area (Å²) in [5.41, 5.74) is 0.927. The summed E-state index contributed by atoms with van der Waals surface area (Å²) >= 11 is 3.12. The number of nitrogens with one attached hydrogen (secondary N) is 1. The molecule has 0 bridgehead atoms. The first kappa shape index (κ1) is 16.7. The first-order valence-corrected chi connectivity index (χ1v) is 7.06. The van der Waals surface area contributed by atoms with Crippen molar-refractivity contribution in [2.75, 3.05) is 26.2 Å². The second-order valence-electron chi connectivity index (χ2n) is 4.19. The third-order valence-electron chi connectivity index (χ3n) is 2.68. The van der Waals surface area contributed by atoms with E-state index in [1.807, 2.05) is 0 Å². The van der Waals surface area contributed by atoms with Crippen molar-refractivity contribution in [3.63, 3.8) is 0 Å². The lowest BCUT2D eigenvalue weighted by Gasteiger charge is -2.20. The Bertz CT molecular complexity index is 468. The molecule has 0 saturated heterocycles. The number of amides is 2. The number of aliphatic hydroxyl groups is 1. The highest BCUT2D eigenvalue weighted by atomic mass is 79.9. The van der Waals surface area contributed by atoms with Crippen molar-refractivity contribution in [1.82, 2.24) is 10.2 Å². The van der Waals surface area contributed by atoms with Gasteiger partial charge in [-0.15, -0.1) is 6.58 Å². The molecule has 20 heavy (non-hydrogen) atoms. The zero-order chi connectivity index (χ0) is 15.0. The van der Waals surface area contributed by atoms with Crippen molar-refractivity contribution in [3.8, 4) is 0 Å². The highest BCUT2D eigenvalue weighted by molar-refractivity contribution is 9.10. The normalized spacial score (nSPS) is 10.2. The number of halogens is 2. The van der Waals surface area contributed by atoms with Gasteiger partial charge in [0.2, 0.25) is 0 Å². The lowest BCUT2D eigenvalue weighted by Crippen LogP contribution is -2.42. The Balaban J connectivity index is 2.43. The van der Waals surface area contributed by atoms with Crippen molar-refractivity contribution in [2.45, 2.75) is 6.42 Å². The first-order chi connectivity index (χ1) is 9.58. The van der Waals surface area contributed by atoms with Crippen LogP contribution in [0.3, 0.4) is 0 Å². The number of benzene rings is 1. The number of rotatable bonds is 7. The number of aliphatic hydroxyl groups excluding tert-OH is 1. The van der Waals surface area contributed by atoms with E-state index in [9.17, 15) is 9.18 Å². The summed E-state index contributed by atoms with van der Waals surface area (Å²) in [6, 6.07) is 4.51. The molecular weight excluding hydrogens is 327 g/mol. The topological polar surface area (TPSA) is 52.6 Å². The number of nitrogens with zero attached hydrogens (tertiary/aromatic N) is 1. The summed E-state index contributed by atoms with van der Waals surface area (Å²) in [7, 11) is 0. The molecule has 1 aromatic carbocycles. The third kappa shape index (κ3) is 5.30. The molecule has 0 heterocycles. The van der Waals surface area contributed by atoms with Crippen LogP contribution in [0.5, 0.6) is 0 Å². The zero-order valence-electron chi connectivity index (χ0n) is 11.1. The van der Waals surface area contributed by atoms with Crippen molar-refractivity contribution in [2.24, 2.45) is 0 Å². The predicted molar refractivity (Wildman–Crippen MR) is 80.1 cm³/mol. The zero-order valence-corrected chi connectivity index (χ0v) is 12.7. The van der Waals surface area contributed by atoms with Crippen molar-refractivity contribution in [3.05, 3.63) is 46.7 Å². The molecule has 2 N–H and O–H groups in total. The van der Waals surface area contributed by atoms with Crippen LogP contribution in [-0.4, -0.2) is 42.3 Å². The highest BCUT2D eigenvalue weighted by Crippen LogP contribution is 2.16. The summed E-state index contributed by atoms with van der Waals surface area (Å²) in [5, 5.41) is 11.6. The Hall–Kier alpha value is -1.40. The smallest absolute Gasteiger partial charge is 0.317 e. The van der Waals surface area contributed by atoms with E-state index < -0.39 is 0 Å². The quantitative estimate of drug-likeness (QED) is 0.746. The second kappa shape index (κ2) is 8.71. The van der Waals surface area contributed by atoms with Crippen LogP contribution >= 0.6 is 15.9 Å². The first-order valence-electron chi connectivity index (χ1n) is 6.27. The van der Waals surface area contributed by atoms with Gasteiger partial charge in [0.05, 0.1) is 11.1 Å². The Morgan fingerprint density at radius 3 is 2.90 bits per heavy atom. The van der Waals surface area contributed by atoms with Crippen LogP contribution in [0.4, 0.5) is 9.18 Å². The van der Waals surface area contributed by atoms with Gasteiger partial charge in [0, 0.05) is 19.6 Å². The number of hydrogen-bond acceptors (Lipinski definition) is 2. The molecule has 0 atom stereocenters. The summed E-state index contributed by atoms with van der Waals surface area (Å²) < 4.78 is 13.5. The standard InChI is InChI=1S/C14H18BrFN2O2/c1-2-7-18(8-9-19)14(20)17-6-5-11-3-4-13(16)12(15)10-11/h2-4,10,19H,1,5-9H2,(H,17,20). The Kier molecular flexibility index (Phi) is 7.25. The average molecular weight is 345 g/mol. The second-order valence-corrected chi connectivity index (χ2v) is 5.04. The van der Waals surface area contributed by atoms with Gasteiger partial charge < -0.3 is 15.3 Å². The fourth-order valence-corrected chi connectivity index (χ4v) is 2.10. The van der Waals surface area contributed by atoms with E-state index in [1.54, 1.807) is 18.2 Å². The number of carbonyl (C=O) groups is 1. The molecule has 0 saturated carbocycles. The van der Waals surface area contributed by atoms with Crippen LogP contribution in [0.25, 0.3) is 0 Å². The third-order valence-corrected chi connectivity index (χ3v) is 3.29. The van der Waals surface area contributed by atoms with E-state index in [-0.39, 0.29) is 25.0 Å². The van der Waals surface area contributed by atoms with Gasteiger partial charge in [-0.05, 0) is 40.0 Å². The molecule has 1 rings (SSSR count). The molecule has 2 amide bonds. The summed E-state index contributed by atoms with van der Waals surface area (Å²) in [6.45, 7) is 4.56. The van der Waals surface area contributed by atoms with Crippen molar-refractivity contribution in [1.29, 1.82) is 0 Å². The maximum absolute atomic E-state index is 13.1. The van der Waals surface area contributed by atoms with Crippen LogP contribution in [0.15, 0.2) is 35.3 Å². The van der Waals surface area contributed by atoms with Gasteiger partial charge in [-0.2, -0.15) is 0 Å². The fourth-order valence-electron chi connectivity index (χ4n) is 1.67. The minimum Gasteiger partial charge on any atom is -0.395 e. The number of carbonyl (C=O) groups excluding carboxylic acids is 1. The molecule has 0 aliphatic carbocycles. The van der Waals surface area contributed by atoms with Gasteiger partial charge in [0.1, 0.15) is 5.82 Å². The molecule has 1 aromatic rings. The maximum Gasteiger partial charge on any atom is 0.317 e. The van der Waals surface area contributed by atoms with Gasteiger partial charge >= 0.3 is 6.03 Å². The molecule has 6 heteroatoms.